The van der Waals surface area contributed by atoms with Gasteiger partial charge in [0, 0.05) is 5.69 Å². The van der Waals surface area contributed by atoms with Gasteiger partial charge in [-0.25, -0.2) is 4.79 Å². The van der Waals surface area contributed by atoms with Crippen LogP contribution < -0.4 is 10.2 Å². The maximum Gasteiger partial charge on any atom is 0.323 e. The van der Waals surface area contributed by atoms with Gasteiger partial charge in [-0.3, -0.25) is 9.69 Å². The Bertz CT molecular complexity index is 601. The first-order valence-electron chi connectivity index (χ1n) is 6.16. The molecule has 0 spiro atoms. The van der Waals surface area contributed by atoms with E-state index in [-0.39, 0.29) is 0 Å². The number of tetrazole rings is 1. The lowest BCUT2D eigenvalue weighted by atomic mass is 10.3. The van der Waals surface area contributed by atoms with Gasteiger partial charge in [0.05, 0.1) is 6.04 Å². The average Bonchev–Trinajstić information content (AvgIpc) is 2.99. The van der Waals surface area contributed by atoms with E-state index in [1.54, 1.807) is 37.3 Å². The molecule has 110 valence electrons. The average molecular weight is 290 g/mol. The lowest BCUT2D eigenvalue weighted by Crippen LogP contribution is -2.44. The van der Waals surface area contributed by atoms with Gasteiger partial charge in [0.15, 0.2) is 5.82 Å². The fourth-order valence-electron chi connectivity index (χ4n) is 1.70. The van der Waals surface area contributed by atoms with Crippen molar-refractivity contribution in [3.63, 3.8) is 0 Å². The van der Waals surface area contributed by atoms with Gasteiger partial charge >= 0.3 is 12.0 Å². The lowest BCUT2D eigenvalue weighted by molar-refractivity contribution is -0.135. The summed E-state index contributed by atoms with van der Waals surface area (Å²) in [6, 6.07) is 7.48. The summed E-state index contributed by atoms with van der Waals surface area (Å²) < 4.78 is 0. The molecule has 3 N–H and O–H groups in total. The third kappa shape index (κ3) is 3.75. The Morgan fingerprint density at radius 3 is 2.67 bits per heavy atom. The molecule has 0 fully saturated rings. The van der Waals surface area contributed by atoms with Crippen molar-refractivity contribution in [2.24, 2.45) is 0 Å². The van der Waals surface area contributed by atoms with E-state index in [9.17, 15) is 9.59 Å². The first-order chi connectivity index (χ1) is 10.1. The Kier molecular flexibility index (Phi) is 4.44. The van der Waals surface area contributed by atoms with Gasteiger partial charge in [0.25, 0.3) is 0 Å². The number of carboxylic acid groups (broad SMARTS) is 1. The smallest absolute Gasteiger partial charge is 0.323 e. The number of aliphatic carboxylic acids is 1. The number of hydrogen-bond acceptors (Lipinski definition) is 5. The Labute approximate surface area is 120 Å². The molecule has 9 heteroatoms. The van der Waals surface area contributed by atoms with Gasteiger partial charge < -0.3 is 10.4 Å². The Morgan fingerprint density at radius 1 is 1.38 bits per heavy atom. The van der Waals surface area contributed by atoms with E-state index >= 15 is 0 Å². The summed E-state index contributed by atoms with van der Waals surface area (Å²) >= 11 is 0. The van der Waals surface area contributed by atoms with Crippen LogP contribution in [0.4, 0.5) is 10.5 Å². The quantitative estimate of drug-likeness (QED) is 0.739. The Balaban J connectivity index is 2.13. The van der Waals surface area contributed by atoms with Crippen molar-refractivity contribution in [3.8, 4) is 0 Å². The molecule has 1 atom stereocenters. The summed E-state index contributed by atoms with van der Waals surface area (Å²) in [6.07, 6.45) is 0. The van der Waals surface area contributed by atoms with Crippen LogP contribution >= 0.6 is 0 Å². The fourth-order valence-corrected chi connectivity index (χ4v) is 1.70. The zero-order valence-corrected chi connectivity index (χ0v) is 11.2. The molecule has 1 aromatic carbocycles. The fraction of sp³-hybridized carbons (Fsp3) is 0.250. The van der Waals surface area contributed by atoms with Crippen LogP contribution in [-0.4, -0.2) is 44.3 Å². The van der Waals surface area contributed by atoms with Crippen molar-refractivity contribution in [2.45, 2.75) is 13.0 Å². The minimum absolute atomic E-state index is 0.312. The van der Waals surface area contributed by atoms with E-state index in [0.717, 1.165) is 4.90 Å². The predicted molar refractivity (Wildman–Crippen MR) is 72.5 cm³/mol. The number of anilines is 1. The molecule has 0 bridgehead atoms. The summed E-state index contributed by atoms with van der Waals surface area (Å²) in [7, 11) is 0. The van der Waals surface area contributed by atoms with E-state index in [0.29, 0.717) is 11.5 Å². The van der Waals surface area contributed by atoms with Crippen molar-refractivity contribution in [1.82, 2.24) is 25.9 Å². The number of nitrogens with one attached hydrogen (secondary N) is 2. The molecule has 2 rings (SSSR count). The van der Waals surface area contributed by atoms with Crippen molar-refractivity contribution < 1.29 is 14.7 Å². The van der Waals surface area contributed by atoms with E-state index in [4.69, 9.17) is 5.11 Å². The van der Waals surface area contributed by atoms with Crippen LogP contribution in [0.1, 0.15) is 18.8 Å². The summed E-state index contributed by atoms with van der Waals surface area (Å²) in [5.74, 6) is -0.798. The van der Waals surface area contributed by atoms with Crippen LogP contribution in [0.2, 0.25) is 0 Å². The molecule has 1 aromatic heterocycles. The highest BCUT2D eigenvalue weighted by atomic mass is 16.4. The minimum atomic E-state index is -1.11. The minimum Gasteiger partial charge on any atom is -0.480 e. The largest absolute Gasteiger partial charge is 0.480 e. The number of carboxylic acids is 1. The number of carbonyl (C=O) groups is 2. The van der Waals surface area contributed by atoms with Crippen molar-refractivity contribution in [2.75, 3.05) is 11.4 Å². The SMILES string of the molecule is CC(NC(=O)N(CC(=O)O)c1ccccc1)c1nn[nH]n1. The molecule has 1 heterocycles. The molecule has 21 heavy (non-hydrogen) atoms. The number of para-hydroxylation sites is 1. The van der Waals surface area contributed by atoms with E-state index < -0.39 is 24.6 Å². The van der Waals surface area contributed by atoms with Gasteiger partial charge in [-0.2, -0.15) is 5.21 Å². The number of urea groups is 1. The molecule has 0 aliphatic heterocycles. The summed E-state index contributed by atoms with van der Waals surface area (Å²) in [5, 5.41) is 24.8. The normalized spacial score (nSPS) is 11.7. The molecule has 1 unspecified atom stereocenters. The van der Waals surface area contributed by atoms with Crippen molar-refractivity contribution >= 4 is 17.7 Å². The molecule has 0 saturated carbocycles. The Morgan fingerprint density at radius 2 is 2.10 bits per heavy atom. The predicted octanol–water partition coefficient (Wildman–Crippen LogP) is 0.561. The van der Waals surface area contributed by atoms with E-state index in [2.05, 4.69) is 25.9 Å². The van der Waals surface area contributed by atoms with Crippen molar-refractivity contribution in [3.05, 3.63) is 36.2 Å². The first-order valence-corrected chi connectivity index (χ1v) is 6.16. The molecular formula is C12H14N6O3. The van der Waals surface area contributed by atoms with Crippen LogP contribution in [0, 0.1) is 0 Å². The van der Waals surface area contributed by atoms with Gasteiger partial charge in [-0.05, 0) is 19.1 Å². The second-order valence-electron chi connectivity index (χ2n) is 4.26. The summed E-state index contributed by atoms with van der Waals surface area (Å²) in [6.45, 7) is 1.22. The van der Waals surface area contributed by atoms with E-state index in [1.807, 2.05) is 0 Å². The standard InChI is InChI=1S/C12H14N6O3/c1-8(11-14-16-17-15-11)13-12(21)18(7-10(19)20)9-5-3-2-4-6-9/h2-6,8H,7H2,1H3,(H,13,21)(H,19,20)(H,14,15,16,17). The number of H-pyrrole nitrogens is 1. The molecule has 0 aliphatic rings. The summed E-state index contributed by atoms with van der Waals surface area (Å²) in [4.78, 5) is 24.3. The maximum atomic E-state index is 12.3. The van der Waals surface area contributed by atoms with Gasteiger partial charge in [-0.15, -0.1) is 10.2 Å². The molecule has 0 radical (unpaired) electrons. The Hall–Kier alpha value is -2.97. The number of benzene rings is 1. The lowest BCUT2D eigenvalue weighted by Gasteiger charge is -2.22. The van der Waals surface area contributed by atoms with E-state index in [1.165, 1.54) is 0 Å². The number of amides is 2. The van der Waals surface area contributed by atoms with Crippen LogP contribution in [-0.2, 0) is 4.79 Å². The van der Waals surface area contributed by atoms with Gasteiger partial charge in [0.1, 0.15) is 6.54 Å². The number of nitrogens with zero attached hydrogens (tertiary/aromatic N) is 4. The number of aromatic amines is 1. The van der Waals surface area contributed by atoms with Gasteiger partial charge in [0.2, 0.25) is 0 Å². The second-order valence-corrected chi connectivity index (χ2v) is 4.26. The second kappa shape index (κ2) is 6.46. The zero-order valence-electron chi connectivity index (χ0n) is 11.2. The molecule has 0 saturated heterocycles. The summed E-state index contributed by atoms with van der Waals surface area (Å²) in [5.41, 5.74) is 0.484. The van der Waals surface area contributed by atoms with Crippen LogP contribution in [0.25, 0.3) is 0 Å². The number of rotatable bonds is 5. The van der Waals surface area contributed by atoms with Crippen LogP contribution in [0.3, 0.4) is 0 Å². The molecule has 0 aliphatic carbocycles. The first kappa shape index (κ1) is 14.4. The number of carbonyl (C=O) groups excluding carboxylic acids is 1. The third-order valence-corrected chi connectivity index (χ3v) is 2.70. The molecule has 2 amide bonds. The number of aromatic nitrogens is 4. The van der Waals surface area contributed by atoms with Gasteiger partial charge in [-0.1, -0.05) is 23.4 Å². The number of hydrogen-bond donors (Lipinski definition) is 3. The van der Waals surface area contributed by atoms with Crippen LogP contribution in [0.5, 0.6) is 0 Å². The highest BCUT2D eigenvalue weighted by Crippen LogP contribution is 2.14. The molecule has 2 aromatic rings. The molecular weight excluding hydrogens is 276 g/mol. The third-order valence-electron chi connectivity index (χ3n) is 2.70. The topological polar surface area (TPSA) is 124 Å². The highest BCUT2D eigenvalue weighted by molar-refractivity contribution is 5.96. The molecule has 9 nitrogen and oxygen atoms in total. The monoisotopic (exact) mass is 290 g/mol. The maximum absolute atomic E-state index is 12.3. The van der Waals surface area contributed by atoms with Crippen molar-refractivity contribution in [1.29, 1.82) is 0 Å². The zero-order chi connectivity index (χ0) is 15.2. The van der Waals surface area contributed by atoms with Crippen LogP contribution in [0.15, 0.2) is 30.3 Å². The highest BCUT2D eigenvalue weighted by Gasteiger charge is 2.22.